The number of hydrogen-bond acceptors (Lipinski definition) is 3. The quantitative estimate of drug-likeness (QED) is 0.585. The van der Waals surface area contributed by atoms with Crippen molar-refractivity contribution in [3.05, 3.63) is 0 Å². The summed E-state index contributed by atoms with van der Waals surface area (Å²) in [5.41, 5.74) is 5.10. The summed E-state index contributed by atoms with van der Waals surface area (Å²) in [6.45, 7) is 3.97. The molecule has 19 heavy (non-hydrogen) atoms. The normalized spacial score (nSPS) is 24.8. The van der Waals surface area contributed by atoms with Gasteiger partial charge in [-0.3, -0.25) is 4.79 Å². The van der Waals surface area contributed by atoms with Crippen molar-refractivity contribution >= 4 is 11.9 Å². The van der Waals surface area contributed by atoms with Crippen molar-refractivity contribution in [3.63, 3.8) is 0 Å². The Labute approximate surface area is 114 Å². The van der Waals surface area contributed by atoms with Crippen LogP contribution in [0.1, 0.15) is 46.0 Å². The number of primary amides is 1. The van der Waals surface area contributed by atoms with Crippen LogP contribution in [-0.2, 0) is 4.79 Å². The average molecular weight is 271 g/mol. The Morgan fingerprint density at radius 3 is 2.32 bits per heavy atom. The Morgan fingerprint density at radius 2 is 1.84 bits per heavy atom. The minimum atomic E-state index is -0.681. The number of carbonyl (C=O) groups excluding carboxylic acids is 2. The molecule has 6 nitrogen and oxygen atoms in total. The van der Waals surface area contributed by atoms with Crippen molar-refractivity contribution in [1.29, 1.82) is 0 Å². The van der Waals surface area contributed by atoms with Crippen molar-refractivity contribution < 1.29 is 14.7 Å². The largest absolute Gasteiger partial charge is 0.393 e. The highest BCUT2D eigenvalue weighted by Crippen LogP contribution is 2.18. The smallest absolute Gasteiger partial charge is 0.312 e. The monoisotopic (exact) mass is 271 g/mol. The van der Waals surface area contributed by atoms with Crippen LogP contribution in [0.25, 0.3) is 0 Å². The Balaban J connectivity index is 2.48. The van der Waals surface area contributed by atoms with Crippen LogP contribution in [-0.4, -0.2) is 35.2 Å². The predicted octanol–water partition coefficient (Wildman–Crippen LogP) is 0.489. The molecule has 0 radical (unpaired) electrons. The summed E-state index contributed by atoms with van der Waals surface area (Å²) in [5, 5.41) is 14.8. The number of nitrogens with one attached hydrogen (secondary N) is 2. The van der Waals surface area contributed by atoms with Gasteiger partial charge in [0.15, 0.2) is 0 Å². The van der Waals surface area contributed by atoms with Gasteiger partial charge < -0.3 is 21.5 Å². The molecule has 6 heteroatoms. The lowest BCUT2D eigenvalue weighted by Crippen LogP contribution is -2.52. The van der Waals surface area contributed by atoms with Gasteiger partial charge >= 0.3 is 6.03 Å². The third-order valence-corrected chi connectivity index (χ3v) is 3.38. The molecular weight excluding hydrogens is 246 g/mol. The second kappa shape index (κ2) is 7.33. The maximum atomic E-state index is 12.1. The zero-order chi connectivity index (χ0) is 14.4. The molecule has 3 amide bonds. The summed E-state index contributed by atoms with van der Waals surface area (Å²) in [5.74, 6) is 0.102. The second-order valence-corrected chi connectivity index (χ2v) is 5.70. The summed E-state index contributed by atoms with van der Waals surface area (Å²) in [4.78, 5) is 23.0. The summed E-state index contributed by atoms with van der Waals surface area (Å²) in [6, 6.07) is -1.18. The average Bonchev–Trinajstić information content (AvgIpc) is 2.30. The van der Waals surface area contributed by atoms with Gasteiger partial charge in [0, 0.05) is 6.04 Å². The van der Waals surface area contributed by atoms with E-state index in [0.717, 1.165) is 12.8 Å². The van der Waals surface area contributed by atoms with Gasteiger partial charge in [0.25, 0.3) is 0 Å². The van der Waals surface area contributed by atoms with Crippen LogP contribution in [0.15, 0.2) is 0 Å². The van der Waals surface area contributed by atoms with E-state index < -0.39 is 12.1 Å². The topological polar surface area (TPSA) is 104 Å². The summed E-state index contributed by atoms with van der Waals surface area (Å²) >= 11 is 0. The third kappa shape index (κ3) is 5.92. The van der Waals surface area contributed by atoms with Gasteiger partial charge in [0.1, 0.15) is 6.04 Å². The van der Waals surface area contributed by atoms with Gasteiger partial charge in [-0.25, -0.2) is 4.79 Å². The minimum absolute atomic E-state index is 0.0836. The van der Waals surface area contributed by atoms with Crippen LogP contribution in [0, 0.1) is 5.92 Å². The molecule has 1 unspecified atom stereocenters. The summed E-state index contributed by atoms with van der Waals surface area (Å²) in [7, 11) is 0. The van der Waals surface area contributed by atoms with Crippen LogP contribution in [0.2, 0.25) is 0 Å². The molecule has 1 fully saturated rings. The van der Waals surface area contributed by atoms with E-state index >= 15 is 0 Å². The number of aliphatic hydroxyl groups excluding tert-OH is 1. The highest BCUT2D eigenvalue weighted by molar-refractivity contribution is 5.86. The molecule has 0 aliphatic heterocycles. The minimum Gasteiger partial charge on any atom is -0.393 e. The zero-order valence-corrected chi connectivity index (χ0v) is 11.7. The Hall–Kier alpha value is -1.30. The number of nitrogens with two attached hydrogens (primary N) is 1. The Kier molecular flexibility index (Phi) is 6.08. The lowest BCUT2D eigenvalue weighted by atomic mass is 9.92. The predicted molar refractivity (Wildman–Crippen MR) is 72.4 cm³/mol. The van der Waals surface area contributed by atoms with Gasteiger partial charge in [0.05, 0.1) is 6.10 Å². The number of hydrogen-bond donors (Lipinski definition) is 4. The summed E-state index contributed by atoms with van der Waals surface area (Å²) in [6.07, 6.45) is 3.29. The number of carbonyl (C=O) groups is 2. The Morgan fingerprint density at radius 1 is 1.26 bits per heavy atom. The number of amides is 3. The molecular formula is C13H25N3O3. The lowest BCUT2D eigenvalue weighted by Gasteiger charge is -2.28. The van der Waals surface area contributed by atoms with Gasteiger partial charge in [-0.05, 0) is 38.0 Å². The highest BCUT2D eigenvalue weighted by Gasteiger charge is 2.26. The van der Waals surface area contributed by atoms with E-state index in [1.807, 2.05) is 13.8 Å². The fourth-order valence-electron chi connectivity index (χ4n) is 2.40. The van der Waals surface area contributed by atoms with E-state index in [2.05, 4.69) is 10.6 Å². The van der Waals surface area contributed by atoms with Crippen molar-refractivity contribution in [3.8, 4) is 0 Å². The van der Waals surface area contributed by atoms with Gasteiger partial charge in [-0.15, -0.1) is 0 Å². The molecule has 1 rings (SSSR count). The van der Waals surface area contributed by atoms with Crippen LogP contribution in [0.4, 0.5) is 4.79 Å². The fraction of sp³-hybridized carbons (Fsp3) is 0.846. The molecule has 0 spiro atoms. The first-order chi connectivity index (χ1) is 8.88. The zero-order valence-electron chi connectivity index (χ0n) is 11.7. The first-order valence-electron chi connectivity index (χ1n) is 6.93. The van der Waals surface area contributed by atoms with Crippen LogP contribution in [0.3, 0.4) is 0 Å². The van der Waals surface area contributed by atoms with E-state index in [1.54, 1.807) is 0 Å². The molecule has 1 atom stereocenters. The molecule has 1 aliphatic carbocycles. The standard InChI is InChI=1S/C13H25N3O3/c1-8(2)7-11(16-13(14)19)12(18)15-9-3-5-10(17)6-4-9/h8-11,17H,3-7H2,1-2H3,(H,15,18)(H3,14,16,19). The van der Waals surface area contributed by atoms with Crippen molar-refractivity contribution in [2.45, 2.75) is 64.1 Å². The van der Waals surface area contributed by atoms with Gasteiger partial charge in [-0.1, -0.05) is 13.8 Å². The SMILES string of the molecule is CC(C)CC(NC(N)=O)C(=O)NC1CCC(O)CC1. The van der Waals surface area contributed by atoms with Crippen molar-refractivity contribution in [1.82, 2.24) is 10.6 Å². The van der Waals surface area contributed by atoms with Crippen molar-refractivity contribution in [2.24, 2.45) is 11.7 Å². The van der Waals surface area contributed by atoms with E-state index in [-0.39, 0.29) is 24.0 Å². The van der Waals surface area contributed by atoms with E-state index in [9.17, 15) is 14.7 Å². The van der Waals surface area contributed by atoms with E-state index in [0.29, 0.717) is 19.3 Å². The van der Waals surface area contributed by atoms with Crippen LogP contribution >= 0.6 is 0 Å². The lowest BCUT2D eigenvalue weighted by molar-refractivity contribution is -0.124. The fourth-order valence-corrected chi connectivity index (χ4v) is 2.40. The molecule has 0 heterocycles. The van der Waals surface area contributed by atoms with E-state index in [1.165, 1.54) is 0 Å². The molecule has 0 aromatic heterocycles. The number of urea groups is 1. The Bertz CT molecular complexity index is 312. The number of aliphatic hydroxyl groups is 1. The molecule has 0 bridgehead atoms. The maximum Gasteiger partial charge on any atom is 0.312 e. The molecule has 1 saturated carbocycles. The second-order valence-electron chi connectivity index (χ2n) is 5.70. The molecule has 110 valence electrons. The molecule has 1 aliphatic rings. The van der Waals surface area contributed by atoms with Gasteiger partial charge in [0.2, 0.25) is 5.91 Å². The highest BCUT2D eigenvalue weighted by atomic mass is 16.3. The first-order valence-corrected chi connectivity index (χ1v) is 6.93. The maximum absolute atomic E-state index is 12.1. The van der Waals surface area contributed by atoms with E-state index in [4.69, 9.17) is 5.73 Å². The third-order valence-electron chi connectivity index (χ3n) is 3.38. The van der Waals surface area contributed by atoms with Crippen molar-refractivity contribution in [2.75, 3.05) is 0 Å². The molecule has 0 saturated heterocycles. The molecule has 0 aromatic rings. The van der Waals surface area contributed by atoms with Crippen LogP contribution in [0.5, 0.6) is 0 Å². The first kappa shape index (κ1) is 15.8. The van der Waals surface area contributed by atoms with Crippen LogP contribution < -0.4 is 16.4 Å². The number of rotatable bonds is 5. The molecule has 5 N–H and O–H groups in total. The summed E-state index contributed by atoms with van der Waals surface area (Å²) < 4.78 is 0. The molecule has 0 aromatic carbocycles. The van der Waals surface area contributed by atoms with Gasteiger partial charge in [-0.2, -0.15) is 0 Å².